The van der Waals surface area contributed by atoms with Crippen LogP contribution in [0.5, 0.6) is 0 Å². The highest BCUT2D eigenvalue weighted by molar-refractivity contribution is 7.07. The van der Waals surface area contributed by atoms with E-state index in [1.165, 1.54) is 63.4 Å². The van der Waals surface area contributed by atoms with Crippen LogP contribution in [0.4, 0.5) is 0 Å². The molecule has 2 heteroatoms. The van der Waals surface area contributed by atoms with Crippen LogP contribution in [0.15, 0.2) is 16.8 Å². The zero-order valence-corrected chi connectivity index (χ0v) is 13.5. The van der Waals surface area contributed by atoms with Gasteiger partial charge in [0.1, 0.15) is 0 Å². The van der Waals surface area contributed by atoms with Crippen LogP contribution in [0.1, 0.15) is 70.3 Å². The van der Waals surface area contributed by atoms with Crippen molar-refractivity contribution < 1.29 is 4.74 Å². The lowest BCUT2D eigenvalue weighted by atomic mass is 10.0. The Bertz CT molecular complexity index is 277. The second kappa shape index (κ2) is 11.5. The number of aryl methyl sites for hydroxylation is 1. The Morgan fingerprint density at radius 1 is 1.16 bits per heavy atom. The second-order valence-corrected chi connectivity index (χ2v) is 6.27. The summed E-state index contributed by atoms with van der Waals surface area (Å²) in [5.41, 5.74) is 1.36. The molecule has 0 aliphatic carbocycles. The molecule has 1 aliphatic heterocycles. The van der Waals surface area contributed by atoms with Gasteiger partial charge in [-0.25, -0.2) is 0 Å². The highest BCUT2D eigenvalue weighted by Crippen LogP contribution is 2.18. The Morgan fingerprint density at radius 2 is 1.84 bits per heavy atom. The van der Waals surface area contributed by atoms with Crippen molar-refractivity contribution in [2.24, 2.45) is 0 Å². The van der Waals surface area contributed by atoms with Crippen LogP contribution >= 0.6 is 11.3 Å². The molecular weight excluding hydrogens is 252 g/mol. The standard InChI is InChI=1S/C12H24O.C5H6S/c1-2-3-4-5-6-7-8-9-12-10-11-13-12;1-5-2-3-6-4-5/h12H,2-11H2,1H3;2-4H,1H3. The minimum atomic E-state index is 0.635. The molecule has 0 saturated carbocycles. The highest BCUT2D eigenvalue weighted by Gasteiger charge is 2.16. The van der Waals surface area contributed by atoms with Crippen LogP contribution in [0.25, 0.3) is 0 Å². The average Bonchev–Trinajstić information content (AvgIpc) is 2.82. The summed E-state index contributed by atoms with van der Waals surface area (Å²) in [7, 11) is 0. The number of hydrogen-bond donors (Lipinski definition) is 0. The van der Waals surface area contributed by atoms with E-state index < -0.39 is 0 Å². The van der Waals surface area contributed by atoms with E-state index in [0.29, 0.717) is 6.10 Å². The first-order valence-corrected chi connectivity index (χ1v) is 8.87. The SMILES string of the molecule is CCCCCCCCCC1CCO1.Cc1ccsc1. The van der Waals surface area contributed by atoms with Crippen LogP contribution in [0, 0.1) is 6.92 Å². The third-order valence-electron chi connectivity index (χ3n) is 3.59. The molecule has 2 rings (SSSR count). The average molecular weight is 282 g/mol. The molecule has 0 bridgehead atoms. The van der Waals surface area contributed by atoms with Crippen molar-refractivity contribution in [3.8, 4) is 0 Å². The van der Waals surface area contributed by atoms with Crippen LogP contribution in [0.2, 0.25) is 0 Å². The minimum Gasteiger partial charge on any atom is -0.378 e. The zero-order valence-electron chi connectivity index (χ0n) is 12.7. The monoisotopic (exact) mass is 282 g/mol. The molecule has 0 radical (unpaired) electrons. The fraction of sp³-hybridized carbons (Fsp3) is 0.765. The number of ether oxygens (including phenoxy) is 1. The molecule has 1 aromatic heterocycles. The molecule has 1 saturated heterocycles. The molecule has 0 amide bonds. The van der Waals surface area contributed by atoms with Gasteiger partial charge in [-0.15, -0.1) is 0 Å². The van der Waals surface area contributed by atoms with E-state index >= 15 is 0 Å². The normalized spacial score (nSPS) is 17.5. The minimum absolute atomic E-state index is 0.635. The lowest BCUT2D eigenvalue weighted by Gasteiger charge is -2.26. The largest absolute Gasteiger partial charge is 0.378 e. The van der Waals surface area contributed by atoms with Gasteiger partial charge >= 0.3 is 0 Å². The number of rotatable bonds is 8. The second-order valence-electron chi connectivity index (χ2n) is 5.49. The zero-order chi connectivity index (χ0) is 13.8. The van der Waals surface area contributed by atoms with Crippen molar-refractivity contribution in [3.05, 3.63) is 22.4 Å². The number of hydrogen-bond acceptors (Lipinski definition) is 2. The Labute approximate surface area is 123 Å². The predicted molar refractivity (Wildman–Crippen MR) is 86.0 cm³/mol. The van der Waals surface area contributed by atoms with Gasteiger partial charge in [-0.1, -0.05) is 51.9 Å². The molecule has 1 unspecified atom stereocenters. The van der Waals surface area contributed by atoms with Gasteiger partial charge in [-0.3, -0.25) is 0 Å². The van der Waals surface area contributed by atoms with Gasteiger partial charge in [0.15, 0.2) is 0 Å². The number of thiophene rings is 1. The summed E-state index contributed by atoms with van der Waals surface area (Å²) in [6.07, 6.45) is 13.2. The van der Waals surface area contributed by atoms with Crippen molar-refractivity contribution >= 4 is 11.3 Å². The van der Waals surface area contributed by atoms with E-state index in [4.69, 9.17) is 4.74 Å². The third-order valence-corrected chi connectivity index (χ3v) is 4.39. The van der Waals surface area contributed by atoms with E-state index in [1.54, 1.807) is 11.3 Å². The maximum absolute atomic E-state index is 5.38. The van der Waals surface area contributed by atoms with Gasteiger partial charge in [0, 0.05) is 6.61 Å². The van der Waals surface area contributed by atoms with Crippen LogP contribution < -0.4 is 0 Å². The molecule has 0 N–H and O–H groups in total. The molecule has 0 spiro atoms. The lowest BCUT2D eigenvalue weighted by molar-refractivity contribution is -0.0555. The van der Waals surface area contributed by atoms with Gasteiger partial charge in [-0.05, 0) is 42.2 Å². The predicted octanol–water partition coefficient (Wildman–Crippen LogP) is 5.97. The summed E-state index contributed by atoms with van der Waals surface area (Å²) in [5, 5.41) is 4.20. The summed E-state index contributed by atoms with van der Waals surface area (Å²) >= 11 is 1.74. The fourth-order valence-corrected chi connectivity index (χ4v) is 2.84. The molecule has 110 valence electrons. The first-order valence-electron chi connectivity index (χ1n) is 7.93. The summed E-state index contributed by atoms with van der Waals surface area (Å²) in [5.74, 6) is 0. The summed E-state index contributed by atoms with van der Waals surface area (Å²) in [4.78, 5) is 0. The maximum atomic E-state index is 5.38. The maximum Gasteiger partial charge on any atom is 0.0597 e. The van der Waals surface area contributed by atoms with Crippen molar-refractivity contribution in [2.45, 2.75) is 77.7 Å². The Morgan fingerprint density at radius 3 is 2.26 bits per heavy atom. The van der Waals surface area contributed by atoms with Crippen LogP contribution in [0.3, 0.4) is 0 Å². The van der Waals surface area contributed by atoms with Crippen LogP contribution in [-0.2, 0) is 4.74 Å². The summed E-state index contributed by atoms with van der Waals surface area (Å²) in [6.45, 7) is 5.38. The van der Waals surface area contributed by atoms with Gasteiger partial charge < -0.3 is 4.74 Å². The van der Waals surface area contributed by atoms with E-state index in [1.807, 2.05) is 0 Å². The quantitative estimate of drug-likeness (QED) is 0.533. The Balaban J connectivity index is 0.000000250. The molecule has 1 aliphatic rings. The summed E-state index contributed by atoms with van der Waals surface area (Å²) < 4.78 is 5.38. The molecule has 1 fully saturated rings. The van der Waals surface area contributed by atoms with Gasteiger partial charge in [-0.2, -0.15) is 11.3 Å². The molecule has 1 atom stereocenters. The van der Waals surface area contributed by atoms with Gasteiger partial charge in [0.25, 0.3) is 0 Å². The first-order chi connectivity index (χ1) is 9.33. The molecular formula is C17H30OS. The molecule has 19 heavy (non-hydrogen) atoms. The van der Waals surface area contributed by atoms with Crippen molar-refractivity contribution in [1.29, 1.82) is 0 Å². The summed E-state index contributed by atoms with van der Waals surface area (Å²) in [6, 6.07) is 2.10. The van der Waals surface area contributed by atoms with E-state index in [0.717, 1.165) is 6.61 Å². The number of unbranched alkanes of at least 4 members (excludes halogenated alkanes) is 6. The van der Waals surface area contributed by atoms with Gasteiger partial charge in [0.05, 0.1) is 6.10 Å². The van der Waals surface area contributed by atoms with Crippen molar-refractivity contribution in [2.75, 3.05) is 6.61 Å². The molecule has 1 aromatic rings. The van der Waals surface area contributed by atoms with E-state index in [-0.39, 0.29) is 0 Å². The third kappa shape index (κ3) is 9.23. The van der Waals surface area contributed by atoms with Crippen molar-refractivity contribution in [3.63, 3.8) is 0 Å². The fourth-order valence-electron chi connectivity index (χ4n) is 2.17. The lowest BCUT2D eigenvalue weighted by Crippen LogP contribution is -2.26. The van der Waals surface area contributed by atoms with Gasteiger partial charge in [0.2, 0.25) is 0 Å². The van der Waals surface area contributed by atoms with Crippen LogP contribution in [-0.4, -0.2) is 12.7 Å². The molecule has 2 heterocycles. The highest BCUT2D eigenvalue weighted by atomic mass is 32.1. The smallest absolute Gasteiger partial charge is 0.0597 e. The van der Waals surface area contributed by atoms with E-state index in [9.17, 15) is 0 Å². The molecule has 0 aromatic carbocycles. The Kier molecular flexibility index (Phi) is 10.1. The first kappa shape index (κ1) is 16.7. The Hall–Kier alpha value is -0.340. The van der Waals surface area contributed by atoms with Crippen molar-refractivity contribution in [1.82, 2.24) is 0 Å². The van der Waals surface area contributed by atoms with E-state index in [2.05, 4.69) is 30.7 Å². The molecule has 1 nitrogen and oxygen atoms in total. The topological polar surface area (TPSA) is 9.23 Å².